The van der Waals surface area contributed by atoms with Crippen molar-refractivity contribution in [3.63, 3.8) is 0 Å². The molecule has 0 radical (unpaired) electrons. The second-order valence-electron chi connectivity index (χ2n) is 4.53. The molecule has 1 aromatic heterocycles. The minimum absolute atomic E-state index is 0.207. The van der Waals surface area contributed by atoms with Crippen molar-refractivity contribution in [2.45, 2.75) is 20.3 Å². The van der Waals surface area contributed by atoms with Gasteiger partial charge in [0.1, 0.15) is 11.4 Å². The lowest BCUT2D eigenvalue weighted by Crippen LogP contribution is -2.13. The fraction of sp³-hybridized carbons (Fsp3) is 0.333. The highest BCUT2D eigenvalue weighted by Crippen LogP contribution is 2.22. The summed E-state index contributed by atoms with van der Waals surface area (Å²) in [5.74, 6) is 0.591. The van der Waals surface area contributed by atoms with Crippen molar-refractivity contribution >= 4 is 22.9 Å². The number of hydrogen-bond donors (Lipinski definition) is 2. The van der Waals surface area contributed by atoms with Crippen LogP contribution in [0.2, 0.25) is 0 Å². The van der Waals surface area contributed by atoms with E-state index in [4.69, 9.17) is 10.5 Å². The van der Waals surface area contributed by atoms with E-state index in [1.807, 2.05) is 32.0 Å². The molecule has 1 amide bonds. The predicted octanol–water partition coefficient (Wildman–Crippen LogP) is 2.60. The minimum atomic E-state index is -0.207. The summed E-state index contributed by atoms with van der Waals surface area (Å²) in [6.07, 6.45) is 0.694. The lowest BCUT2D eigenvalue weighted by atomic mass is 10.2. The molecule has 0 atom stereocenters. The molecule has 0 aliphatic rings. The lowest BCUT2D eigenvalue weighted by molar-refractivity contribution is 0.102. The molecule has 2 aromatic rings. The number of ether oxygens (including phenoxy) is 1. The molecule has 0 saturated heterocycles. The summed E-state index contributed by atoms with van der Waals surface area (Å²) >= 11 is 1.45. The maximum absolute atomic E-state index is 12.2. The van der Waals surface area contributed by atoms with E-state index in [0.717, 1.165) is 22.0 Å². The Morgan fingerprint density at radius 1 is 1.48 bits per heavy atom. The van der Waals surface area contributed by atoms with Gasteiger partial charge >= 0.3 is 0 Å². The van der Waals surface area contributed by atoms with E-state index >= 15 is 0 Å². The highest BCUT2D eigenvalue weighted by atomic mass is 32.1. The molecule has 5 nitrogen and oxygen atoms in total. The Morgan fingerprint density at radius 2 is 2.29 bits per heavy atom. The number of nitrogens with two attached hydrogens (primary N) is 1. The summed E-state index contributed by atoms with van der Waals surface area (Å²) in [4.78, 5) is 16.4. The van der Waals surface area contributed by atoms with Crippen molar-refractivity contribution in [1.29, 1.82) is 0 Å². The standard InChI is InChI=1S/C15H19N3O2S/c1-3-20-11-4-5-12(10(2)8-11)18-15(19)13-9-21-14(17-13)6-7-16/h4-5,8-9H,3,6-7,16H2,1-2H3,(H,18,19). The number of amides is 1. The zero-order valence-electron chi connectivity index (χ0n) is 12.2. The summed E-state index contributed by atoms with van der Waals surface area (Å²) in [5, 5.41) is 5.50. The molecular weight excluding hydrogens is 286 g/mol. The van der Waals surface area contributed by atoms with Crippen LogP contribution in [0.25, 0.3) is 0 Å². The first-order valence-electron chi connectivity index (χ1n) is 6.83. The number of hydrogen-bond acceptors (Lipinski definition) is 5. The Labute approximate surface area is 128 Å². The van der Waals surface area contributed by atoms with Crippen molar-refractivity contribution in [2.24, 2.45) is 5.73 Å². The third-order valence-electron chi connectivity index (χ3n) is 2.90. The van der Waals surface area contributed by atoms with Crippen molar-refractivity contribution < 1.29 is 9.53 Å². The SMILES string of the molecule is CCOc1ccc(NC(=O)c2csc(CCN)n2)c(C)c1. The van der Waals surface area contributed by atoms with E-state index in [0.29, 0.717) is 25.3 Å². The molecule has 6 heteroatoms. The maximum Gasteiger partial charge on any atom is 0.275 e. The van der Waals surface area contributed by atoms with Gasteiger partial charge in [0.15, 0.2) is 0 Å². The van der Waals surface area contributed by atoms with Crippen LogP contribution in [0.4, 0.5) is 5.69 Å². The first kappa shape index (κ1) is 15.5. The summed E-state index contributed by atoms with van der Waals surface area (Å²) in [6.45, 7) is 5.02. The molecule has 0 saturated carbocycles. The second-order valence-corrected chi connectivity index (χ2v) is 5.47. The topological polar surface area (TPSA) is 77.2 Å². The Kier molecular flexibility index (Phi) is 5.30. The van der Waals surface area contributed by atoms with Crippen LogP contribution < -0.4 is 15.8 Å². The quantitative estimate of drug-likeness (QED) is 0.860. The molecule has 1 heterocycles. The minimum Gasteiger partial charge on any atom is -0.494 e. The van der Waals surface area contributed by atoms with Crippen LogP contribution in [0.1, 0.15) is 28.0 Å². The van der Waals surface area contributed by atoms with E-state index in [-0.39, 0.29) is 5.91 Å². The number of thiazole rings is 1. The smallest absolute Gasteiger partial charge is 0.275 e. The average Bonchev–Trinajstić information content (AvgIpc) is 2.91. The number of nitrogens with zero attached hydrogens (tertiary/aromatic N) is 1. The molecule has 21 heavy (non-hydrogen) atoms. The van der Waals surface area contributed by atoms with Gasteiger partial charge in [-0.25, -0.2) is 4.98 Å². The third kappa shape index (κ3) is 4.03. The van der Waals surface area contributed by atoms with Crippen LogP contribution in [0.15, 0.2) is 23.6 Å². The van der Waals surface area contributed by atoms with E-state index in [2.05, 4.69) is 10.3 Å². The number of anilines is 1. The van der Waals surface area contributed by atoms with Crippen LogP contribution in [0, 0.1) is 6.92 Å². The first-order chi connectivity index (χ1) is 10.1. The van der Waals surface area contributed by atoms with Gasteiger partial charge in [-0.2, -0.15) is 0 Å². The van der Waals surface area contributed by atoms with Crippen LogP contribution in [-0.4, -0.2) is 24.0 Å². The molecule has 0 unspecified atom stereocenters. The summed E-state index contributed by atoms with van der Waals surface area (Å²) in [7, 11) is 0. The lowest BCUT2D eigenvalue weighted by Gasteiger charge is -2.09. The number of benzene rings is 1. The zero-order valence-corrected chi connectivity index (χ0v) is 13.0. The number of aromatic nitrogens is 1. The number of rotatable bonds is 6. The van der Waals surface area contributed by atoms with Gasteiger partial charge in [-0.15, -0.1) is 11.3 Å². The van der Waals surface area contributed by atoms with Gasteiger partial charge in [-0.1, -0.05) is 0 Å². The van der Waals surface area contributed by atoms with Crippen molar-refractivity contribution in [3.8, 4) is 5.75 Å². The largest absolute Gasteiger partial charge is 0.494 e. The maximum atomic E-state index is 12.2. The van der Waals surface area contributed by atoms with Gasteiger partial charge in [-0.05, 0) is 44.2 Å². The van der Waals surface area contributed by atoms with E-state index in [9.17, 15) is 4.79 Å². The monoisotopic (exact) mass is 305 g/mol. The average molecular weight is 305 g/mol. The first-order valence-corrected chi connectivity index (χ1v) is 7.71. The molecule has 3 N–H and O–H groups in total. The van der Waals surface area contributed by atoms with Crippen molar-refractivity contribution in [3.05, 3.63) is 39.8 Å². The zero-order chi connectivity index (χ0) is 15.2. The molecule has 0 aliphatic carbocycles. The van der Waals surface area contributed by atoms with Gasteiger partial charge in [0.25, 0.3) is 5.91 Å². The Bertz CT molecular complexity index is 625. The number of nitrogens with one attached hydrogen (secondary N) is 1. The number of carbonyl (C=O) groups is 1. The Morgan fingerprint density at radius 3 is 2.95 bits per heavy atom. The number of aryl methyl sites for hydroxylation is 1. The Balaban J connectivity index is 2.08. The summed E-state index contributed by atoms with van der Waals surface area (Å²) in [6, 6.07) is 5.58. The molecule has 112 valence electrons. The summed E-state index contributed by atoms with van der Waals surface area (Å²) < 4.78 is 5.43. The van der Waals surface area contributed by atoms with E-state index in [1.165, 1.54) is 11.3 Å². The molecular formula is C15H19N3O2S. The highest BCUT2D eigenvalue weighted by molar-refractivity contribution is 7.09. The second kappa shape index (κ2) is 7.19. The molecule has 0 spiro atoms. The summed E-state index contributed by atoms with van der Waals surface area (Å²) in [5.41, 5.74) is 7.62. The predicted molar refractivity (Wildman–Crippen MR) is 85.2 cm³/mol. The molecule has 0 aliphatic heterocycles. The van der Waals surface area contributed by atoms with Gasteiger partial charge in [-0.3, -0.25) is 4.79 Å². The van der Waals surface area contributed by atoms with Gasteiger partial charge in [0.2, 0.25) is 0 Å². The van der Waals surface area contributed by atoms with E-state index in [1.54, 1.807) is 5.38 Å². The molecule has 0 fully saturated rings. The van der Waals surface area contributed by atoms with Crippen LogP contribution in [0.3, 0.4) is 0 Å². The van der Waals surface area contributed by atoms with Crippen LogP contribution >= 0.6 is 11.3 Å². The highest BCUT2D eigenvalue weighted by Gasteiger charge is 2.12. The Hall–Kier alpha value is -1.92. The third-order valence-corrected chi connectivity index (χ3v) is 3.81. The van der Waals surface area contributed by atoms with Gasteiger partial charge < -0.3 is 15.8 Å². The van der Waals surface area contributed by atoms with Gasteiger partial charge in [0, 0.05) is 17.5 Å². The van der Waals surface area contributed by atoms with E-state index < -0.39 is 0 Å². The molecule has 0 bridgehead atoms. The fourth-order valence-corrected chi connectivity index (χ4v) is 2.67. The van der Waals surface area contributed by atoms with Crippen LogP contribution in [-0.2, 0) is 6.42 Å². The fourth-order valence-electron chi connectivity index (χ4n) is 1.87. The molecule has 1 aromatic carbocycles. The van der Waals surface area contributed by atoms with Crippen molar-refractivity contribution in [2.75, 3.05) is 18.5 Å². The van der Waals surface area contributed by atoms with Crippen molar-refractivity contribution in [1.82, 2.24) is 4.98 Å². The number of carbonyl (C=O) groups excluding carboxylic acids is 1. The van der Waals surface area contributed by atoms with Crippen LogP contribution in [0.5, 0.6) is 5.75 Å². The normalized spacial score (nSPS) is 10.4. The van der Waals surface area contributed by atoms with Gasteiger partial charge in [0.05, 0.1) is 11.6 Å². The molecule has 2 rings (SSSR count).